The zero-order valence-corrected chi connectivity index (χ0v) is 14.8. The number of piperidine rings is 1. The van der Waals surface area contributed by atoms with Gasteiger partial charge in [-0.1, -0.05) is 19.1 Å². The molecule has 2 unspecified atom stereocenters. The Morgan fingerprint density at radius 3 is 2.96 bits per heavy atom. The molecule has 1 aromatic rings. The number of para-hydroxylation sites is 2. The molecule has 1 amide bonds. The molecule has 0 bridgehead atoms. The average molecular weight is 334 g/mol. The van der Waals surface area contributed by atoms with Gasteiger partial charge in [-0.25, -0.2) is 0 Å². The Morgan fingerprint density at radius 2 is 2.21 bits per heavy atom. The maximum atomic E-state index is 12.4. The molecule has 0 aromatic heterocycles. The highest BCUT2D eigenvalue weighted by Gasteiger charge is 2.22. The van der Waals surface area contributed by atoms with Gasteiger partial charge in [0.1, 0.15) is 5.75 Å². The molecule has 24 heavy (non-hydrogen) atoms. The van der Waals surface area contributed by atoms with E-state index in [-0.39, 0.29) is 5.91 Å². The summed E-state index contributed by atoms with van der Waals surface area (Å²) >= 11 is 0. The van der Waals surface area contributed by atoms with Crippen LogP contribution in [0.15, 0.2) is 24.3 Å². The molecule has 1 aliphatic heterocycles. The molecule has 2 atom stereocenters. The first-order valence-corrected chi connectivity index (χ1v) is 8.92. The van der Waals surface area contributed by atoms with Gasteiger partial charge in [0.2, 0.25) is 5.91 Å². The molecular weight excluding hydrogens is 304 g/mol. The number of hydrogen-bond acceptors (Lipinski definition) is 4. The van der Waals surface area contributed by atoms with E-state index >= 15 is 0 Å². The second-order valence-corrected chi connectivity index (χ2v) is 6.53. The fourth-order valence-electron chi connectivity index (χ4n) is 3.11. The molecule has 2 N–H and O–H groups in total. The molecule has 1 heterocycles. The van der Waals surface area contributed by atoms with E-state index in [0.717, 1.165) is 25.2 Å². The smallest absolute Gasteiger partial charge is 0.224 e. The Hall–Kier alpha value is -1.59. The van der Waals surface area contributed by atoms with Gasteiger partial charge in [0.05, 0.1) is 12.3 Å². The highest BCUT2D eigenvalue weighted by atomic mass is 16.5. The Bertz CT molecular complexity index is 501. The van der Waals surface area contributed by atoms with E-state index < -0.39 is 0 Å². The van der Waals surface area contributed by atoms with E-state index in [0.29, 0.717) is 37.2 Å². The lowest BCUT2D eigenvalue weighted by molar-refractivity contribution is -0.117. The third kappa shape index (κ3) is 6.13. The van der Waals surface area contributed by atoms with Crippen molar-refractivity contribution in [2.45, 2.75) is 32.6 Å². The van der Waals surface area contributed by atoms with Crippen molar-refractivity contribution in [2.75, 3.05) is 38.7 Å². The van der Waals surface area contributed by atoms with E-state index in [9.17, 15) is 4.79 Å². The summed E-state index contributed by atoms with van der Waals surface area (Å²) in [4.78, 5) is 12.4. The number of benzene rings is 1. The molecule has 1 saturated heterocycles. The first-order chi connectivity index (χ1) is 11.7. The average Bonchev–Trinajstić information content (AvgIpc) is 2.60. The SMILES string of the molecule is COCCCOc1ccccc1NC(=O)CC(C)C1CCCNC1. The summed E-state index contributed by atoms with van der Waals surface area (Å²) in [6.07, 6.45) is 3.78. The van der Waals surface area contributed by atoms with E-state index in [2.05, 4.69) is 17.6 Å². The van der Waals surface area contributed by atoms with Crippen LogP contribution in [0.5, 0.6) is 5.75 Å². The van der Waals surface area contributed by atoms with Gasteiger partial charge in [0.25, 0.3) is 0 Å². The molecule has 5 heteroatoms. The minimum atomic E-state index is 0.0565. The van der Waals surface area contributed by atoms with E-state index in [4.69, 9.17) is 9.47 Å². The number of hydrogen-bond donors (Lipinski definition) is 2. The number of carbonyl (C=O) groups is 1. The Labute approximate surface area is 145 Å². The highest BCUT2D eigenvalue weighted by molar-refractivity contribution is 5.92. The van der Waals surface area contributed by atoms with Crippen molar-refractivity contribution in [2.24, 2.45) is 11.8 Å². The lowest BCUT2D eigenvalue weighted by atomic mass is 9.85. The van der Waals surface area contributed by atoms with Gasteiger partial charge in [-0.3, -0.25) is 4.79 Å². The molecule has 0 spiro atoms. The largest absolute Gasteiger partial charge is 0.491 e. The second-order valence-electron chi connectivity index (χ2n) is 6.53. The summed E-state index contributed by atoms with van der Waals surface area (Å²) in [5.74, 6) is 1.74. The van der Waals surface area contributed by atoms with Gasteiger partial charge in [-0.15, -0.1) is 0 Å². The number of anilines is 1. The number of carbonyl (C=O) groups excluding carboxylic acids is 1. The number of rotatable bonds is 9. The van der Waals surface area contributed by atoms with Gasteiger partial charge in [-0.2, -0.15) is 0 Å². The fraction of sp³-hybridized carbons (Fsp3) is 0.632. The number of amides is 1. The highest BCUT2D eigenvalue weighted by Crippen LogP contribution is 2.26. The molecule has 0 radical (unpaired) electrons. The zero-order valence-electron chi connectivity index (χ0n) is 14.8. The van der Waals surface area contributed by atoms with Gasteiger partial charge >= 0.3 is 0 Å². The standard InChI is InChI=1S/C19H30N2O3/c1-15(16-7-5-10-20-14-16)13-19(22)21-17-8-3-4-9-18(17)24-12-6-11-23-2/h3-4,8-9,15-16,20H,5-7,10-14H2,1-2H3,(H,21,22). The zero-order chi connectivity index (χ0) is 17.2. The van der Waals surface area contributed by atoms with Crippen molar-refractivity contribution >= 4 is 11.6 Å². The van der Waals surface area contributed by atoms with E-state index in [1.165, 1.54) is 12.8 Å². The van der Waals surface area contributed by atoms with Crippen molar-refractivity contribution in [3.05, 3.63) is 24.3 Å². The van der Waals surface area contributed by atoms with Crippen LogP contribution in [0.3, 0.4) is 0 Å². The molecule has 1 aliphatic rings. The van der Waals surface area contributed by atoms with Crippen LogP contribution in [0.2, 0.25) is 0 Å². The van der Waals surface area contributed by atoms with E-state index in [1.54, 1.807) is 7.11 Å². The minimum Gasteiger partial charge on any atom is -0.491 e. The molecule has 1 aromatic carbocycles. The lowest BCUT2D eigenvalue weighted by Crippen LogP contribution is -2.34. The Balaban J connectivity index is 1.84. The number of methoxy groups -OCH3 is 1. The molecule has 134 valence electrons. The number of nitrogens with one attached hydrogen (secondary N) is 2. The quantitative estimate of drug-likeness (QED) is 0.682. The molecule has 2 rings (SSSR count). The van der Waals surface area contributed by atoms with Crippen LogP contribution in [-0.2, 0) is 9.53 Å². The first-order valence-electron chi connectivity index (χ1n) is 8.92. The van der Waals surface area contributed by atoms with Crippen LogP contribution < -0.4 is 15.4 Å². The van der Waals surface area contributed by atoms with Gasteiger partial charge in [0.15, 0.2) is 0 Å². The summed E-state index contributed by atoms with van der Waals surface area (Å²) in [6, 6.07) is 7.59. The summed E-state index contributed by atoms with van der Waals surface area (Å²) in [6.45, 7) is 5.54. The van der Waals surface area contributed by atoms with Crippen molar-refractivity contribution < 1.29 is 14.3 Å². The Morgan fingerprint density at radius 1 is 1.38 bits per heavy atom. The summed E-state index contributed by atoms with van der Waals surface area (Å²) in [7, 11) is 1.68. The second kappa shape index (κ2) is 10.3. The topological polar surface area (TPSA) is 59.6 Å². The van der Waals surface area contributed by atoms with Crippen LogP contribution in [0.1, 0.15) is 32.6 Å². The van der Waals surface area contributed by atoms with Crippen molar-refractivity contribution in [1.82, 2.24) is 5.32 Å². The van der Waals surface area contributed by atoms with Crippen molar-refractivity contribution in [3.63, 3.8) is 0 Å². The van der Waals surface area contributed by atoms with Crippen molar-refractivity contribution in [3.8, 4) is 5.75 Å². The fourth-order valence-corrected chi connectivity index (χ4v) is 3.11. The summed E-state index contributed by atoms with van der Waals surface area (Å²) in [5.41, 5.74) is 0.744. The molecule has 0 saturated carbocycles. The maximum absolute atomic E-state index is 12.4. The lowest BCUT2D eigenvalue weighted by Gasteiger charge is -2.28. The van der Waals surface area contributed by atoms with Crippen molar-refractivity contribution in [1.29, 1.82) is 0 Å². The van der Waals surface area contributed by atoms with Crippen LogP contribution >= 0.6 is 0 Å². The normalized spacial score (nSPS) is 18.8. The van der Waals surface area contributed by atoms with Gasteiger partial charge < -0.3 is 20.1 Å². The number of ether oxygens (including phenoxy) is 2. The minimum absolute atomic E-state index is 0.0565. The Kier molecular flexibility index (Phi) is 8.05. The summed E-state index contributed by atoms with van der Waals surface area (Å²) in [5, 5.41) is 6.43. The van der Waals surface area contributed by atoms with Crippen LogP contribution in [-0.4, -0.2) is 39.3 Å². The molecule has 0 aliphatic carbocycles. The van der Waals surface area contributed by atoms with Gasteiger partial charge in [0, 0.05) is 26.6 Å². The predicted octanol–water partition coefficient (Wildman–Crippen LogP) is 3.07. The molecule has 1 fully saturated rings. The third-order valence-electron chi connectivity index (χ3n) is 4.56. The summed E-state index contributed by atoms with van der Waals surface area (Å²) < 4.78 is 10.8. The molecule has 5 nitrogen and oxygen atoms in total. The maximum Gasteiger partial charge on any atom is 0.224 e. The predicted molar refractivity (Wildman–Crippen MR) is 96.4 cm³/mol. The third-order valence-corrected chi connectivity index (χ3v) is 4.56. The molecular formula is C19H30N2O3. The van der Waals surface area contributed by atoms with Crippen LogP contribution in [0, 0.1) is 11.8 Å². The monoisotopic (exact) mass is 334 g/mol. The van der Waals surface area contributed by atoms with Gasteiger partial charge in [-0.05, 0) is 49.9 Å². The first kappa shape index (κ1) is 18.7. The van der Waals surface area contributed by atoms with Crippen LogP contribution in [0.4, 0.5) is 5.69 Å². The van der Waals surface area contributed by atoms with Crippen LogP contribution in [0.25, 0.3) is 0 Å². The van der Waals surface area contributed by atoms with E-state index in [1.807, 2.05) is 24.3 Å².